The molecule has 6 rings (SSSR count). The Morgan fingerprint density at radius 2 is 0.468 bits per heavy atom. The molecule has 2 aliphatic heterocycles. The first kappa shape index (κ1) is 45.1. The summed E-state index contributed by atoms with van der Waals surface area (Å²) in [5.74, 6) is 16.2. The number of nitrogens with zero attached hydrogens (tertiary/aromatic N) is 4. The smallest absolute Gasteiger partial charge is 0.202 e. The quantitative estimate of drug-likeness (QED) is 0.121. The zero-order valence-corrected chi connectivity index (χ0v) is 42.0. The molecule has 0 radical (unpaired) electrons. The van der Waals surface area contributed by atoms with E-state index in [9.17, 15) is 0 Å². The first-order valence-corrected chi connectivity index (χ1v) is 34.8. The summed E-state index contributed by atoms with van der Waals surface area (Å²) in [4.78, 5) is 19.9. The van der Waals surface area contributed by atoms with E-state index in [-0.39, 0.29) is 0 Å². The molecular weight excluding hydrogens is 825 g/mol. The average molecular weight is 881 g/mol. The summed E-state index contributed by atoms with van der Waals surface area (Å²) < 4.78 is 0. The molecule has 0 aromatic heterocycles. The monoisotopic (exact) mass is 880 g/mol. The maximum atomic E-state index is 4.98. The maximum Gasteiger partial charge on any atom is 0.202 e. The van der Waals surface area contributed by atoms with Crippen LogP contribution in [0.5, 0.6) is 0 Å². The van der Waals surface area contributed by atoms with Gasteiger partial charge in [-0.3, -0.25) is 0 Å². The standard InChI is InChI=1S/C50H56N8Si4/c1-59(2,3)33-29-37-13-21-41(22-14-37)51-45-46(52-42-23-15-38(16-24-42)30-34-60(4,5)6)56-49(55-45)50-57-47(53-43-25-17-39(18-26-43)31-35-61(7,8)9)48(58-50)54-44-27-19-40(20-28-44)32-36-62(10,11)12/h13-28H,1-12H3,(H,51,55)(H,52,56)(H,53,57)(H,54,58). The zero-order chi connectivity index (χ0) is 44.7. The lowest BCUT2D eigenvalue weighted by molar-refractivity contribution is 1.12. The van der Waals surface area contributed by atoms with Crippen LogP contribution in [0.1, 0.15) is 22.3 Å². The highest BCUT2D eigenvalue weighted by Crippen LogP contribution is 2.25. The van der Waals surface area contributed by atoms with Crippen LogP contribution in [-0.4, -0.2) is 55.6 Å². The molecule has 0 atom stereocenters. The van der Waals surface area contributed by atoms with Gasteiger partial charge in [-0.2, -0.15) is 0 Å². The summed E-state index contributed by atoms with van der Waals surface area (Å²) in [6, 6.07) is 32.2. The van der Waals surface area contributed by atoms with E-state index in [1.54, 1.807) is 0 Å². The van der Waals surface area contributed by atoms with E-state index in [1.807, 2.05) is 97.1 Å². The first-order valence-electron chi connectivity index (χ1n) is 20.8. The molecule has 0 fully saturated rings. The molecule has 0 saturated heterocycles. The molecule has 12 heteroatoms. The van der Waals surface area contributed by atoms with Crippen molar-refractivity contribution in [2.45, 2.75) is 78.6 Å². The SMILES string of the molecule is C[Si](C)(C)C#Cc1ccc(NC2=NC(=C3N=C(Nc4ccc(C#C[Si](C)(C)C)cc4)C(Nc4ccc(C#C[Si](C)(C)C)cc4)=N3)N=C2Nc2ccc(C#C[Si](C)(C)C)cc2)cc1. The third-order valence-corrected chi connectivity index (χ3v) is 11.9. The minimum Gasteiger partial charge on any atom is -0.337 e. The van der Waals surface area contributed by atoms with Crippen molar-refractivity contribution in [3.8, 4) is 45.9 Å². The van der Waals surface area contributed by atoms with Crippen molar-refractivity contribution in [2.24, 2.45) is 20.0 Å². The number of hydrogen-bond acceptors (Lipinski definition) is 8. The average Bonchev–Trinajstić information content (AvgIpc) is 3.78. The molecule has 62 heavy (non-hydrogen) atoms. The van der Waals surface area contributed by atoms with Gasteiger partial charge in [0.1, 0.15) is 32.3 Å². The fraction of sp³-hybridized carbons (Fsp3) is 0.240. The van der Waals surface area contributed by atoms with Crippen LogP contribution in [0.3, 0.4) is 0 Å². The first-order chi connectivity index (χ1) is 29.1. The minimum absolute atomic E-state index is 0.357. The van der Waals surface area contributed by atoms with Crippen molar-refractivity contribution < 1.29 is 0 Å². The van der Waals surface area contributed by atoms with Crippen LogP contribution >= 0.6 is 0 Å². The molecular formula is C50H56N8Si4. The molecule has 0 spiro atoms. The van der Waals surface area contributed by atoms with Crippen molar-refractivity contribution in [1.29, 1.82) is 0 Å². The lowest BCUT2D eigenvalue weighted by Crippen LogP contribution is -2.27. The Kier molecular flexibility index (Phi) is 13.6. The van der Waals surface area contributed by atoms with Gasteiger partial charge in [0, 0.05) is 45.0 Å². The number of aliphatic imine (C=N–C) groups is 4. The van der Waals surface area contributed by atoms with Gasteiger partial charge in [0.15, 0.2) is 23.3 Å². The van der Waals surface area contributed by atoms with Gasteiger partial charge in [-0.1, -0.05) is 102 Å². The van der Waals surface area contributed by atoms with Crippen LogP contribution < -0.4 is 21.3 Å². The number of benzene rings is 4. The molecule has 4 aromatic rings. The van der Waals surface area contributed by atoms with Gasteiger partial charge in [0.25, 0.3) is 0 Å². The molecule has 0 saturated carbocycles. The van der Waals surface area contributed by atoms with Crippen LogP contribution in [0.4, 0.5) is 22.7 Å². The topological polar surface area (TPSA) is 97.6 Å². The van der Waals surface area contributed by atoms with E-state index in [4.69, 9.17) is 20.0 Å². The molecule has 0 bridgehead atoms. The van der Waals surface area contributed by atoms with Crippen LogP contribution in [0.25, 0.3) is 0 Å². The van der Waals surface area contributed by atoms with Gasteiger partial charge in [0.2, 0.25) is 11.6 Å². The number of rotatable bonds is 4. The Bertz CT molecular complexity index is 2360. The Balaban J connectivity index is 1.36. The predicted octanol–water partition coefficient (Wildman–Crippen LogP) is 11.1. The summed E-state index contributed by atoms with van der Waals surface area (Å²) in [5.41, 5.74) is 21.0. The fourth-order valence-electron chi connectivity index (χ4n) is 5.37. The highest BCUT2D eigenvalue weighted by molar-refractivity contribution is 6.85. The number of anilines is 4. The summed E-state index contributed by atoms with van der Waals surface area (Å²) in [6.07, 6.45) is 0. The van der Waals surface area contributed by atoms with Gasteiger partial charge in [-0.15, -0.1) is 22.2 Å². The Morgan fingerprint density at radius 1 is 0.290 bits per heavy atom. The van der Waals surface area contributed by atoms with E-state index >= 15 is 0 Å². The number of nitrogens with one attached hydrogen (secondary N) is 4. The van der Waals surface area contributed by atoms with Crippen molar-refractivity contribution in [3.05, 3.63) is 131 Å². The molecule has 312 valence electrons. The molecule has 8 nitrogen and oxygen atoms in total. The normalized spacial score (nSPS) is 13.6. The highest BCUT2D eigenvalue weighted by Gasteiger charge is 2.26. The largest absolute Gasteiger partial charge is 0.337 e. The Labute approximate surface area is 373 Å². The third-order valence-electron chi connectivity index (χ3n) is 8.44. The van der Waals surface area contributed by atoms with E-state index in [2.05, 4.69) is 146 Å². The lowest BCUT2D eigenvalue weighted by atomic mass is 10.2. The van der Waals surface area contributed by atoms with Crippen LogP contribution in [0.15, 0.2) is 129 Å². The molecule has 0 aliphatic carbocycles. The second kappa shape index (κ2) is 18.7. The van der Waals surface area contributed by atoms with Crippen molar-refractivity contribution in [2.75, 3.05) is 21.3 Å². The predicted molar refractivity (Wildman–Crippen MR) is 278 cm³/mol. The Morgan fingerprint density at radius 3 is 0.629 bits per heavy atom. The van der Waals surface area contributed by atoms with Gasteiger partial charge >= 0.3 is 0 Å². The van der Waals surface area contributed by atoms with Crippen LogP contribution in [-0.2, 0) is 0 Å². The van der Waals surface area contributed by atoms with E-state index in [0.29, 0.717) is 35.0 Å². The van der Waals surface area contributed by atoms with E-state index < -0.39 is 32.3 Å². The second-order valence-electron chi connectivity index (χ2n) is 19.3. The maximum absolute atomic E-state index is 4.98. The van der Waals surface area contributed by atoms with Crippen molar-refractivity contribution in [3.63, 3.8) is 0 Å². The molecule has 2 aliphatic rings. The van der Waals surface area contributed by atoms with Gasteiger partial charge in [-0.25, -0.2) is 20.0 Å². The summed E-state index contributed by atoms with van der Waals surface area (Å²) in [5, 5.41) is 13.9. The molecule has 4 N–H and O–H groups in total. The second-order valence-corrected chi connectivity index (χ2v) is 38.3. The van der Waals surface area contributed by atoms with Crippen molar-refractivity contribution >= 4 is 78.4 Å². The minimum atomic E-state index is -1.51. The highest BCUT2D eigenvalue weighted by atomic mass is 28.3. The van der Waals surface area contributed by atoms with Gasteiger partial charge < -0.3 is 21.3 Å². The van der Waals surface area contributed by atoms with Crippen LogP contribution in [0, 0.1) is 45.9 Å². The number of hydrogen-bond donors (Lipinski definition) is 4. The summed E-state index contributed by atoms with van der Waals surface area (Å²) in [6.45, 7) is 26.9. The zero-order valence-electron chi connectivity index (χ0n) is 38.0. The summed E-state index contributed by atoms with van der Waals surface area (Å²) >= 11 is 0. The van der Waals surface area contributed by atoms with Crippen molar-refractivity contribution in [1.82, 2.24) is 0 Å². The van der Waals surface area contributed by atoms with Gasteiger partial charge in [-0.05, 0) is 97.1 Å². The summed E-state index contributed by atoms with van der Waals surface area (Å²) in [7, 11) is -6.05. The molecule has 0 amide bonds. The Hall–Kier alpha value is -6.39. The molecule has 0 unspecified atom stereocenters. The van der Waals surface area contributed by atoms with Gasteiger partial charge in [0.05, 0.1) is 0 Å². The fourth-order valence-corrected chi connectivity index (χ4v) is 7.44. The van der Waals surface area contributed by atoms with E-state index in [1.165, 1.54) is 0 Å². The number of amidine groups is 4. The lowest BCUT2D eigenvalue weighted by Gasteiger charge is -2.11. The van der Waals surface area contributed by atoms with Crippen LogP contribution in [0.2, 0.25) is 78.6 Å². The molecule has 4 aromatic carbocycles. The van der Waals surface area contributed by atoms with E-state index in [0.717, 1.165) is 45.0 Å². The molecule has 2 heterocycles. The third kappa shape index (κ3) is 14.4.